The summed E-state index contributed by atoms with van der Waals surface area (Å²) >= 11 is 0. The maximum absolute atomic E-state index is 10.4. The molecular weight excluding hydrogens is 166 g/mol. The fraction of sp³-hybridized carbons (Fsp3) is 0.667. The number of nitrogens with one attached hydrogen (secondary N) is 1. The molecule has 0 rings (SSSR count). The van der Waals surface area contributed by atoms with Crippen LogP contribution in [-0.4, -0.2) is 39.7 Å². The van der Waals surface area contributed by atoms with Crippen molar-refractivity contribution in [1.29, 1.82) is 0 Å². The molecule has 1 amide bonds. The molecule has 5 N–H and O–H groups in total. The molecule has 0 bridgehead atoms. The van der Waals surface area contributed by atoms with Crippen molar-refractivity contribution in [2.45, 2.75) is 26.0 Å². The monoisotopic (exact) mass is 179 g/mol. The SMILES string of the molecule is CC(=O)N[C@H](C(=O)O)[C@@H](C)O.O. The van der Waals surface area contributed by atoms with Crippen molar-refractivity contribution < 1.29 is 25.3 Å². The molecule has 6 heteroatoms. The van der Waals surface area contributed by atoms with Crippen LogP contribution in [0.1, 0.15) is 13.8 Å². The summed E-state index contributed by atoms with van der Waals surface area (Å²) in [5.74, 6) is -1.71. The fourth-order valence-electron chi connectivity index (χ4n) is 0.608. The Morgan fingerprint density at radius 2 is 1.83 bits per heavy atom. The first-order valence-electron chi connectivity index (χ1n) is 3.13. The third-order valence-electron chi connectivity index (χ3n) is 1.11. The van der Waals surface area contributed by atoms with Crippen LogP contribution >= 0.6 is 0 Å². The average Bonchev–Trinajstić information content (AvgIpc) is 1.81. The Hall–Kier alpha value is -1.14. The molecule has 0 spiro atoms. The summed E-state index contributed by atoms with van der Waals surface area (Å²) in [7, 11) is 0. The quantitative estimate of drug-likeness (QED) is 0.470. The highest BCUT2D eigenvalue weighted by atomic mass is 16.4. The number of aliphatic hydroxyl groups is 1. The number of carboxylic acids is 1. The van der Waals surface area contributed by atoms with E-state index in [1.54, 1.807) is 0 Å². The van der Waals surface area contributed by atoms with Crippen LogP contribution in [0.15, 0.2) is 0 Å². The summed E-state index contributed by atoms with van der Waals surface area (Å²) in [6.45, 7) is 2.49. The van der Waals surface area contributed by atoms with Gasteiger partial charge in [-0.25, -0.2) is 4.79 Å². The topological polar surface area (TPSA) is 118 Å². The zero-order valence-corrected chi connectivity index (χ0v) is 6.87. The van der Waals surface area contributed by atoms with Gasteiger partial charge in [0.15, 0.2) is 6.04 Å². The summed E-state index contributed by atoms with van der Waals surface area (Å²) < 4.78 is 0. The van der Waals surface area contributed by atoms with Gasteiger partial charge in [0.2, 0.25) is 5.91 Å². The van der Waals surface area contributed by atoms with Gasteiger partial charge in [0.25, 0.3) is 0 Å². The van der Waals surface area contributed by atoms with E-state index in [0.29, 0.717) is 0 Å². The average molecular weight is 179 g/mol. The van der Waals surface area contributed by atoms with Crippen molar-refractivity contribution in [3.05, 3.63) is 0 Å². The highest BCUT2D eigenvalue weighted by molar-refractivity contribution is 5.82. The van der Waals surface area contributed by atoms with Crippen molar-refractivity contribution in [3.63, 3.8) is 0 Å². The van der Waals surface area contributed by atoms with Gasteiger partial charge in [-0.15, -0.1) is 0 Å². The predicted molar refractivity (Wildman–Crippen MR) is 40.5 cm³/mol. The molecule has 0 saturated heterocycles. The number of carboxylic acid groups (broad SMARTS) is 1. The molecule has 0 heterocycles. The maximum Gasteiger partial charge on any atom is 0.328 e. The molecule has 0 aromatic carbocycles. The first-order chi connectivity index (χ1) is 4.95. The molecule has 0 aromatic heterocycles. The van der Waals surface area contributed by atoms with Gasteiger partial charge in [0.1, 0.15) is 0 Å². The predicted octanol–water partition coefficient (Wildman–Crippen LogP) is -1.87. The number of hydrogen-bond acceptors (Lipinski definition) is 3. The number of carbonyl (C=O) groups excluding carboxylic acids is 1. The zero-order valence-electron chi connectivity index (χ0n) is 6.87. The maximum atomic E-state index is 10.4. The summed E-state index contributed by atoms with van der Waals surface area (Å²) in [6.07, 6.45) is -1.09. The molecular formula is C6H13NO5. The Kier molecular flexibility index (Phi) is 6.17. The van der Waals surface area contributed by atoms with Gasteiger partial charge in [0.05, 0.1) is 6.10 Å². The first kappa shape index (κ1) is 13.4. The lowest BCUT2D eigenvalue weighted by Gasteiger charge is -2.15. The second kappa shape index (κ2) is 5.50. The van der Waals surface area contributed by atoms with Crippen molar-refractivity contribution in [2.24, 2.45) is 0 Å². The Morgan fingerprint density at radius 1 is 1.42 bits per heavy atom. The third kappa shape index (κ3) is 4.64. The Balaban J connectivity index is 0. The lowest BCUT2D eigenvalue weighted by atomic mass is 10.2. The Morgan fingerprint density at radius 3 is 1.92 bits per heavy atom. The smallest absolute Gasteiger partial charge is 0.328 e. The standard InChI is InChI=1S/C6H11NO4.H2O/c1-3(8)5(6(10)11)7-4(2)9;/h3,5,8H,1-2H3,(H,7,9)(H,10,11);1H2/t3-,5+;/m1./s1. The molecule has 2 atom stereocenters. The van der Waals surface area contributed by atoms with Crippen molar-refractivity contribution in [2.75, 3.05) is 0 Å². The van der Waals surface area contributed by atoms with E-state index in [-0.39, 0.29) is 5.48 Å². The van der Waals surface area contributed by atoms with Gasteiger partial charge in [-0.2, -0.15) is 0 Å². The second-order valence-electron chi connectivity index (χ2n) is 2.26. The molecule has 0 radical (unpaired) electrons. The van der Waals surface area contributed by atoms with Gasteiger partial charge >= 0.3 is 5.97 Å². The molecule has 6 nitrogen and oxygen atoms in total. The van der Waals surface area contributed by atoms with Crippen LogP contribution in [0.5, 0.6) is 0 Å². The number of rotatable bonds is 3. The van der Waals surface area contributed by atoms with Gasteiger partial charge in [-0.1, -0.05) is 0 Å². The first-order valence-corrected chi connectivity index (χ1v) is 3.13. The second-order valence-corrected chi connectivity index (χ2v) is 2.26. The molecule has 72 valence electrons. The highest BCUT2D eigenvalue weighted by Crippen LogP contribution is 1.91. The summed E-state index contributed by atoms with van der Waals surface area (Å²) in [5.41, 5.74) is 0. The molecule has 0 aliphatic carbocycles. The molecule has 0 saturated carbocycles. The number of hydrogen-bond donors (Lipinski definition) is 3. The van der Waals surface area contributed by atoms with E-state index in [2.05, 4.69) is 5.32 Å². The summed E-state index contributed by atoms with van der Waals surface area (Å²) in [6, 6.07) is -1.22. The van der Waals surface area contributed by atoms with Crippen LogP contribution in [0, 0.1) is 0 Å². The lowest BCUT2D eigenvalue weighted by molar-refractivity contribution is -0.144. The van der Waals surface area contributed by atoms with Gasteiger partial charge < -0.3 is 21.0 Å². The summed E-state index contributed by atoms with van der Waals surface area (Å²) in [5, 5.41) is 19.3. The largest absolute Gasteiger partial charge is 0.480 e. The zero-order chi connectivity index (χ0) is 9.02. The number of carbonyl (C=O) groups is 2. The van der Waals surface area contributed by atoms with Crippen LogP contribution in [0.4, 0.5) is 0 Å². The molecule has 0 aliphatic rings. The van der Waals surface area contributed by atoms with Crippen LogP contribution in [0.25, 0.3) is 0 Å². The lowest BCUT2D eigenvalue weighted by Crippen LogP contribution is -2.46. The van der Waals surface area contributed by atoms with Crippen LogP contribution in [0.2, 0.25) is 0 Å². The van der Waals surface area contributed by atoms with Crippen LogP contribution in [-0.2, 0) is 9.59 Å². The summed E-state index contributed by atoms with van der Waals surface area (Å²) in [4.78, 5) is 20.7. The minimum atomic E-state index is -1.24. The van der Waals surface area contributed by atoms with Crippen molar-refractivity contribution in [3.8, 4) is 0 Å². The third-order valence-corrected chi connectivity index (χ3v) is 1.11. The number of amides is 1. The fourth-order valence-corrected chi connectivity index (χ4v) is 0.608. The van der Waals surface area contributed by atoms with Gasteiger partial charge in [-0.3, -0.25) is 4.79 Å². The Bertz CT molecular complexity index is 167. The van der Waals surface area contributed by atoms with Gasteiger partial charge in [-0.05, 0) is 6.92 Å². The highest BCUT2D eigenvalue weighted by Gasteiger charge is 2.23. The van der Waals surface area contributed by atoms with Crippen molar-refractivity contribution >= 4 is 11.9 Å². The van der Waals surface area contributed by atoms with Crippen LogP contribution in [0.3, 0.4) is 0 Å². The van der Waals surface area contributed by atoms with Gasteiger partial charge in [0, 0.05) is 6.92 Å². The number of aliphatic hydroxyl groups excluding tert-OH is 1. The van der Waals surface area contributed by atoms with E-state index >= 15 is 0 Å². The van der Waals surface area contributed by atoms with E-state index in [9.17, 15) is 9.59 Å². The van der Waals surface area contributed by atoms with E-state index in [4.69, 9.17) is 10.2 Å². The van der Waals surface area contributed by atoms with E-state index < -0.39 is 24.0 Å². The van der Waals surface area contributed by atoms with Crippen LogP contribution < -0.4 is 5.32 Å². The Labute approximate surface area is 69.5 Å². The van der Waals surface area contributed by atoms with E-state index in [1.165, 1.54) is 13.8 Å². The van der Waals surface area contributed by atoms with E-state index in [0.717, 1.165) is 0 Å². The van der Waals surface area contributed by atoms with Crippen molar-refractivity contribution in [1.82, 2.24) is 5.32 Å². The molecule has 0 unspecified atom stereocenters. The molecule has 0 aromatic rings. The molecule has 12 heavy (non-hydrogen) atoms. The normalized spacial score (nSPS) is 13.9. The minimum absolute atomic E-state index is 0. The number of aliphatic carboxylic acids is 1. The molecule has 0 aliphatic heterocycles. The molecule has 0 fully saturated rings. The minimum Gasteiger partial charge on any atom is -0.480 e. The van der Waals surface area contributed by atoms with E-state index in [1.807, 2.05) is 0 Å².